The Kier molecular flexibility index (Phi) is 235. The molecule has 0 heterocycles. The van der Waals surface area contributed by atoms with Crippen molar-refractivity contribution >= 4 is 19.1 Å². The summed E-state index contributed by atoms with van der Waals surface area (Å²) in [6, 6.07) is 0. The minimum absolute atomic E-state index is 0. The van der Waals surface area contributed by atoms with E-state index in [-0.39, 0.29) is 47.4 Å². The van der Waals surface area contributed by atoms with Crippen molar-refractivity contribution in [2.24, 2.45) is 0 Å². The minimum atomic E-state index is -0.250. The zero-order chi connectivity index (χ0) is 4.71. The summed E-state index contributed by atoms with van der Waals surface area (Å²) in [4.78, 5) is 8.00. The summed E-state index contributed by atoms with van der Waals surface area (Å²) in [5, 5.41) is 0. The average molecular weight is 136 g/mol. The third-order valence-corrected chi connectivity index (χ3v) is 0. The van der Waals surface area contributed by atoms with E-state index in [2.05, 4.69) is 0 Å². The van der Waals surface area contributed by atoms with Crippen molar-refractivity contribution in [3.05, 3.63) is 0 Å². The van der Waals surface area contributed by atoms with E-state index in [1.165, 1.54) is 0 Å². The largest absolute Gasteiger partial charge is 1.00 e. The number of hydrogen-bond donors (Lipinski definition) is 2. The predicted octanol–water partition coefficient (Wildman–Crippen LogP) is -2.69. The van der Waals surface area contributed by atoms with E-state index in [1.54, 1.807) is 0 Å². The maximum Gasteiger partial charge on any atom is 1.00 e. The first-order chi connectivity index (χ1) is 2.41. The van der Waals surface area contributed by atoms with Crippen LogP contribution in [0.15, 0.2) is 0 Å². The van der Waals surface area contributed by atoms with Crippen LogP contribution in [0.5, 0.6) is 0 Å². The quantitative estimate of drug-likeness (QED) is 0.279. The molecule has 0 unspecified atom stereocenters. The number of rotatable bonds is 0. The van der Waals surface area contributed by atoms with Crippen molar-refractivity contribution < 1.29 is 48.9 Å². The summed E-state index contributed by atoms with van der Waals surface area (Å²) >= 11 is -0.250. The van der Waals surface area contributed by atoms with Gasteiger partial charge in [-0.05, 0) is 0 Å². The Hall–Kier alpha value is 0.900. The zero-order valence-electron chi connectivity index (χ0n) is 3.87. The van der Waals surface area contributed by atoms with E-state index in [4.69, 9.17) is 13.9 Å². The van der Waals surface area contributed by atoms with Crippen molar-refractivity contribution in [2.45, 2.75) is 0 Å². The molecule has 0 spiro atoms. The molecule has 0 atom stereocenters. The molecular formula is CH5NaO4S. The molecule has 0 bridgehead atoms. The van der Waals surface area contributed by atoms with Crippen molar-refractivity contribution in [1.82, 2.24) is 0 Å². The maximum atomic E-state index is 8.00. The van der Waals surface area contributed by atoms with Gasteiger partial charge in [-0.15, -0.1) is 0 Å². The molecule has 0 amide bonds. The van der Waals surface area contributed by atoms with Crippen LogP contribution in [-0.4, -0.2) is 21.4 Å². The van der Waals surface area contributed by atoms with Crippen LogP contribution < -0.4 is 29.6 Å². The molecule has 0 fully saturated rings. The van der Waals surface area contributed by atoms with Crippen molar-refractivity contribution in [3.8, 4) is 0 Å². The molecule has 0 aliphatic heterocycles. The normalized spacial score (nSPS) is 3.14. The van der Waals surface area contributed by atoms with Gasteiger partial charge in [0, 0.05) is 0 Å². The van der Waals surface area contributed by atoms with E-state index in [9.17, 15) is 0 Å². The first-order valence-electron chi connectivity index (χ1n) is 0.654. The van der Waals surface area contributed by atoms with Gasteiger partial charge in [0.15, 0.2) is 12.3 Å². The fourth-order valence-electron chi connectivity index (χ4n) is 0. The molecule has 0 radical (unpaired) electrons. The van der Waals surface area contributed by atoms with Crippen LogP contribution in [0, 0.1) is 0 Å². The zero-order valence-corrected chi connectivity index (χ0v) is 6.68. The molecule has 0 saturated carbocycles. The van der Waals surface area contributed by atoms with Gasteiger partial charge in [0.1, 0.15) is 6.79 Å². The summed E-state index contributed by atoms with van der Waals surface area (Å²) in [7, 11) is 0. The topological polar surface area (TPSA) is 87.5 Å². The molecule has 6 heteroatoms. The number of carbonyl (C=O) groups is 1. The summed E-state index contributed by atoms with van der Waals surface area (Å²) in [6.45, 7) is 2.00. The number of carbonyl (C=O) groups excluding carboxylic acids is 1. The molecule has 0 rings (SSSR count). The Labute approximate surface area is 67.9 Å². The van der Waals surface area contributed by atoms with E-state index >= 15 is 0 Å². The molecule has 0 aliphatic rings. The molecule has 7 heavy (non-hydrogen) atoms. The van der Waals surface area contributed by atoms with E-state index in [0.717, 1.165) is 0 Å². The van der Waals surface area contributed by atoms with Gasteiger partial charge in [0.2, 0.25) is 0 Å². The van der Waals surface area contributed by atoms with E-state index < -0.39 is 0 Å². The fourth-order valence-corrected chi connectivity index (χ4v) is 0. The Morgan fingerprint density at radius 1 is 1.29 bits per heavy atom. The van der Waals surface area contributed by atoms with Gasteiger partial charge in [-0.25, -0.2) is 0 Å². The Morgan fingerprint density at radius 3 is 1.29 bits per heavy atom. The molecule has 0 saturated heterocycles. The average Bonchev–Trinajstić information content (AvgIpc) is 1.46. The molecule has 0 aromatic carbocycles. The van der Waals surface area contributed by atoms with Crippen molar-refractivity contribution in [2.75, 3.05) is 0 Å². The molecule has 4 nitrogen and oxygen atoms in total. The van der Waals surface area contributed by atoms with E-state index in [0.29, 0.717) is 0 Å². The number of hydrogen-bond acceptors (Lipinski definition) is 5. The Balaban J connectivity index is -0.0000000105. The molecule has 3 N–H and O–H groups in total. The van der Waals surface area contributed by atoms with Gasteiger partial charge in [-0.2, -0.15) is 0 Å². The van der Waals surface area contributed by atoms with Crippen molar-refractivity contribution in [1.29, 1.82) is 0 Å². The molecule has 0 aliphatic carbocycles. The smallest absolute Gasteiger partial charge is 0.870 e. The van der Waals surface area contributed by atoms with Gasteiger partial charge < -0.3 is 19.4 Å². The van der Waals surface area contributed by atoms with Crippen LogP contribution >= 0.6 is 12.3 Å². The van der Waals surface area contributed by atoms with Gasteiger partial charge in [0.25, 0.3) is 0 Å². The van der Waals surface area contributed by atoms with Crippen LogP contribution in [0.2, 0.25) is 0 Å². The van der Waals surface area contributed by atoms with Crippen LogP contribution in [0.25, 0.3) is 0 Å². The van der Waals surface area contributed by atoms with Gasteiger partial charge >= 0.3 is 29.6 Å². The molecule has 0 aromatic rings. The second-order valence-electron chi connectivity index (χ2n) is 0.0816. The third kappa shape index (κ3) is 205. The van der Waals surface area contributed by atoms with Crippen molar-refractivity contribution in [3.63, 3.8) is 0 Å². The van der Waals surface area contributed by atoms with Gasteiger partial charge in [-0.3, -0.25) is 0 Å². The summed E-state index contributed by atoms with van der Waals surface area (Å²) in [5.41, 5.74) is 0. The van der Waals surface area contributed by atoms with Crippen LogP contribution in [0.4, 0.5) is 0 Å². The SMILES string of the molecule is C=O.OSO.[Na+].[OH-]. The maximum absolute atomic E-state index is 8.00. The monoisotopic (exact) mass is 136 g/mol. The first-order valence-corrected chi connectivity index (χ1v) is 1.38. The van der Waals surface area contributed by atoms with Crippen LogP contribution in [0.1, 0.15) is 0 Å². The Morgan fingerprint density at radius 2 is 1.29 bits per heavy atom. The second kappa shape index (κ2) is 66.5. The van der Waals surface area contributed by atoms with Crippen LogP contribution in [0.3, 0.4) is 0 Å². The third-order valence-electron chi connectivity index (χ3n) is 0. The fraction of sp³-hybridized carbons (Fsp3) is 0. The molecular weight excluding hydrogens is 131 g/mol. The Bertz CT molecular complexity index is 15.7. The summed E-state index contributed by atoms with van der Waals surface area (Å²) in [6.07, 6.45) is 0. The first kappa shape index (κ1) is 24.7. The van der Waals surface area contributed by atoms with Gasteiger partial charge in [0.05, 0.1) is 0 Å². The second-order valence-corrected chi connectivity index (χ2v) is 0.245. The minimum Gasteiger partial charge on any atom is -0.870 e. The predicted molar refractivity (Wildman–Crippen MR) is 21.9 cm³/mol. The van der Waals surface area contributed by atoms with Gasteiger partial charge in [-0.1, -0.05) is 0 Å². The summed E-state index contributed by atoms with van der Waals surface area (Å²) in [5.74, 6) is 0. The molecule has 40 valence electrons. The standard InChI is InChI=1S/CH2O.Na.H2O2S.H2O/c1-2;;1-3-2;/h1H2;;1-2H;1H2/q;+1;;/p-1. The van der Waals surface area contributed by atoms with Crippen LogP contribution in [-0.2, 0) is 4.79 Å². The molecule has 0 aromatic heterocycles. The van der Waals surface area contributed by atoms with E-state index in [1.807, 2.05) is 6.79 Å². The summed E-state index contributed by atoms with van der Waals surface area (Å²) < 4.78 is 14.1.